The Bertz CT molecular complexity index is 3290. The minimum absolute atomic E-state index is 1.10. The van der Waals surface area contributed by atoms with E-state index >= 15 is 0 Å². The van der Waals surface area contributed by atoms with E-state index in [0.717, 1.165) is 17.1 Å². The molecule has 11 aromatic rings. The maximum absolute atomic E-state index is 2.44. The molecule has 0 spiro atoms. The number of hydrogen-bond acceptors (Lipinski definition) is 2. The molecular weight excluding hydrogens is 743 g/mol. The minimum atomic E-state index is 1.10. The van der Waals surface area contributed by atoms with Crippen molar-refractivity contribution in [2.75, 3.05) is 4.90 Å². The van der Waals surface area contributed by atoms with Crippen molar-refractivity contribution in [3.05, 3.63) is 237 Å². The van der Waals surface area contributed by atoms with Gasteiger partial charge in [-0.1, -0.05) is 200 Å². The Morgan fingerprint density at radius 3 is 1.37 bits per heavy atom. The molecule has 0 bridgehead atoms. The van der Waals surface area contributed by atoms with Crippen LogP contribution in [-0.2, 0) is 0 Å². The van der Waals surface area contributed by atoms with Crippen LogP contribution in [0.5, 0.6) is 0 Å². The molecule has 0 atom stereocenters. The molecule has 0 fully saturated rings. The normalized spacial score (nSPS) is 11.3. The standard InChI is InChI=1S/C58H39NS/c1-3-16-40(17-4-1)49-23-9-11-25-52(49)53-26-12-10-24-50(53)44-34-38-46(39-35-44)59(45-36-32-43(33-37-45)48-27-13-21-41-20-7-8-22-47(41)48)55-30-14-29-54-57-51(42-18-5-2-6-19-42)28-15-31-56(57)60-58(54)55/h1-39H. The molecule has 2 heteroatoms. The number of nitrogens with zero attached hydrogens (tertiary/aromatic N) is 1. The van der Waals surface area contributed by atoms with Gasteiger partial charge in [0.2, 0.25) is 0 Å². The molecule has 60 heavy (non-hydrogen) atoms. The topological polar surface area (TPSA) is 3.24 Å². The summed E-state index contributed by atoms with van der Waals surface area (Å²) in [5.74, 6) is 0. The van der Waals surface area contributed by atoms with E-state index in [1.54, 1.807) is 0 Å². The van der Waals surface area contributed by atoms with E-state index < -0.39 is 0 Å². The van der Waals surface area contributed by atoms with Crippen LogP contribution >= 0.6 is 11.3 Å². The molecule has 0 aliphatic rings. The maximum Gasteiger partial charge on any atom is 0.0640 e. The molecule has 10 aromatic carbocycles. The van der Waals surface area contributed by atoms with Crippen LogP contribution in [0.2, 0.25) is 0 Å². The third-order valence-electron chi connectivity index (χ3n) is 11.7. The number of benzene rings is 10. The lowest BCUT2D eigenvalue weighted by atomic mass is 9.89. The average Bonchev–Trinajstić information content (AvgIpc) is 3.72. The Labute approximate surface area is 354 Å². The second-order valence-electron chi connectivity index (χ2n) is 15.2. The highest BCUT2D eigenvalue weighted by Gasteiger charge is 2.21. The van der Waals surface area contributed by atoms with Gasteiger partial charge in [0.05, 0.1) is 10.4 Å². The van der Waals surface area contributed by atoms with Gasteiger partial charge >= 0.3 is 0 Å². The molecule has 0 amide bonds. The summed E-state index contributed by atoms with van der Waals surface area (Å²) >= 11 is 1.87. The number of hydrogen-bond donors (Lipinski definition) is 0. The molecule has 282 valence electrons. The molecule has 0 radical (unpaired) electrons. The molecule has 0 unspecified atom stereocenters. The summed E-state index contributed by atoms with van der Waals surface area (Å²) < 4.78 is 2.55. The second-order valence-corrected chi connectivity index (χ2v) is 16.3. The lowest BCUT2D eigenvalue weighted by Gasteiger charge is -2.27. The zero-order valence-corrected chi connectivity index (χ0v) is 33.7. The predicted octanol–water partition coefficient (Wildman–Crippen LogP) is 17.0. The number of thiophene rings is 1. The van der Waals surface area contributed by atoms with Crippen molar-refractivity contribution < 1.29 is 0 Å². The quantitative estimate of drug-likeness (QED) is 0.148. The van der Waals surface area contributed by atoms with Gasteiger partial charge in [-0.2, -0.15) is 0 Å². The predicted molar refractivity (Wildman–Crippen MR) is 259 cm³/mol. The second kappa shape index (κ2) is 15.3. The molecule has 0 saturated heterocycles. The number of fused-ring (bicyclic) bond motifs is 4. The Kier molecular flexibility index (Phi) is 9.11. The summed E-state index contributed by atoms with van der Waals surface area (Å²) in [7, 11) is 0. The molecule has 1 heterocycles. The molecule has 1 nitrogen and oxygen atoms in total. The van der Waals surface area contributed by atoms with Crippen molar-refractivity contribution in [1.29, 1.82) is 0 Å². The molecule has 0 aliphatic heterocycles. The first-order valence-corrected chi connectivity index (χ1v) is 21.3. The third-order valence-corrected chi connectivity index (χ3v) is 12.9. The average molecular weight is 782 g/mol. The van der Waals surface area contributed by atoms with E-state index in [2.05, 4.69) is 241 Å². The highest BCUT2D eigenvalue weighted by Crippen LogP contribution is 2.48. The van der Waals surface area contributed by atoms with Crippen molar-refractivity contribution >= 4 is 59.3 Å². The van der Waals surface area contributed by atoms with Crippen LogP contribution in [0.25, 0.3) is 86.6 Å². The molecule has 0 N–H and O–H groups in total. The highest BCUT2D eigenvalue weighted by atomic mass is 32.1. The van der Waals surface area contributed by atoms with Crippen LogP contribution in [-0.4, -0.2) is 0 Å². The van der Waals surface area contributed by atoms with Gasteiger partial charge < -0.3 is 4.90 Å². The summed E-state index contributed by atoms with van der Waals surface area (Å²) in [5.41, 5.74) is 15.6. The van der Waals surface area contributed by atoms with E-state index in [-0.39, 0.29) is 0 Å². The number of anilines is 3. The van der Waals surface area contributed by atoms with Gasteiger partial charge in [0.1, 0.15) is 0 Å². The lowest BCUT2D eigenvalue weighted by molar-refractivity contribution is 1.30. The van der Waals surface area contributed by atoms with E-state index in [4.69, 9.17) is 0 Å². The van der Waals surface area contributed by atoms with Gasteiger partial charge in [0, 0.05) is 26.8 Å². The highest BCUT2D eigenvalue weighted by molar-refractivity contribution is 7.26. The van der Waals surface area contributed by atoms with Crippen LogP contribution in [0.4, 0.5) is 17.1 Å². The monoisotopic (exact) mass is 781 g/mol. The van der Waals surface area contributed by atoms with E-state index in [1.165, 1.54) is 86.6 Å². The van der Waals surface area contributed by atoms with Gasteiger partial charge in [0.15, 0.2) is 0 Å². The SMILES string of the molecule is c1ccc(-c2ccccc2-c2ccccc2-c2ccc(N(c3ccc(-c4cccc5ccccc45)cc3)c3cccc4c3sc3cccc(-c5ccccc5)c34)cc2)cc1. The molecule has 0 aliphatic carbocycles. The van der Waals surface area contributed by atoms with Crippen molar-refractivity contribution in [3.63, 3.8) is 0 Å². The Hall–Kier alpha value is -7.52. The van der Waals surface area contributed by atoms with Gasteiger partial charge in [-0.3, -0.25) is 0 Å². The van der Waals surface area contributed by atoms with E-state index in [9.17, 15) is 0 Å². The van der Waals surface area contributed by atoms with Crippen LogP contribution < -0.4 is 4.90 Å². The van der Waals surface area contributed by atoms with Crippen LogP contribution in [0.3, 0.4) is 0 Å². The van der Waals surface area contributed by atoms with E-state index in [0.29, 0.717) is 0 Å². The summed E-state index contributed by atoms with van der Waals surface area (Å²) in [5, 5.41) is 5.08. The van der Waals surface area contributed by atoms with Crippen molar-refractivity contribution in [2.45, 2.75) is 0 Å². The lowest BCUT2D eigenvalue weighted by Crippen LogP contribution is -2.10. The minimum Gasteiger partial charge on any atom is -0.309 e. The third kappa shape index (κ3) is 6.35. The fourth-order valence-corrected chi connectivity index (χ4v) is 10.1. The van der Waals surface area contributed by atoms with Gasteiger partial charge in [-0.25, -0.2) is 0 Å². The number of rotatable bonds is 8. The van der Waals surface area contributed by atoms with Crippen LogP contribution in [0.15, 0.2) is 237 Å². The van der Waals surface area contributed by atoms with Crippen LogP contribution in [0, 0.1) is 0 Å². The van der Waals surface area contributed by atoms with Gasteiger partial charge in [-0.05, 0) is 103 Å². The fourth-order valence-electron chi connectivity index (χ4n) is 8.91. The molecule has 1 aromatic heterocycles. The Morgan fingerprint density at radius 1 is 0.283 bits per heavy atom. The molecular formula is C58H39NS. The first-order valence-electron chi connectivity index (χ1n) is 20.5. The van der Waals surface area contributed by atoms with Crippen molar-refractivity contribution in [1.82, 2.24) is 0 Å². The zero-order valence-electron chi connectivity index (χ0n) is 32.9. The summed E-state index contributed by atoms with van der Waals surface area (Å²) in [6.45, 7) is 0. The summed E-state index contributed by atoms with van der Waals surface area (Å²) in [4.78, 5) is 2.44. The van der Waals surface area contributed by atoms with Crippen molar-refractivity contribution in [2.24, 2.45) is 0 Å². The van der Waals surface area contributed by atoms with Gasteiger partial charge in [0.25, 0.3) is 0 Å². The first kappa shape index (κ1) is 35.6. The molecule has 0 saturated carbocycles. The first-order chi connectivity index (χ1) is 29.8. The summed E-state index contributed by atoms with van der Waals surface area (Å²) in [6.07, 6.45) is 0. The van der Waals surface area contributed by atoms with Crippen LogP contribution in [0.1, 0.15) is 0 Å². The summed E-state index contributed by atoms with van der Waals surface area (Å²) in [6, 6.07) is 86.0. The Balaban J connectivity index is 1.06. The zero-order chi connectivity index (χ0) is 39.8. The van der Waals surface area contributed by atoms with Gasteiger partial charge in [-0.15, -0.1) is 11.3 Å². The maximum atomic E-state index is 2.44. The van der Waals surface area contributed by atoms with Crippen molar-refractivity contribution in [3.8, 4) is 55.6 Å². The largest absolute Gasteiger partial charge is 0.309 e. The van der Waals surface area contributed by atoms with E-state index in [1.807, 2.05) is 11.3 Å². The molecule has 11 rings (SSSR count). The Morgan fingerprint density at radius 2 is 0.717 bits per heavy atom. The smallest absolute Gasteiger partial charge is 0.0640 e. The fraction of sp³-hybridized carbons (Fsp3) is 0.